The molecule has 1 N–H and O–H groups in total. The van der Waals surface area contributed by atoms with E-state index in [1.54, 1.807) is 0 Å². The summed E-state index contributed by atoms with van der Waals surface area (Å²) < 4.78 is 5.29. The maximum atomic E-state index is 11.4. The van der Waals surface area contributed by atoms with E-state index in [0.29, 0.717) is 12.0 Å². The van der Waals surface area contributed by atoms with Crippen molar-refractivity contribution in [1.82, 2.24) is 9.88 Å². The van der Waals surface area contributed by atoms with Crippen molar-refractivity contribution in [3.63, 3.8) is 0 Å². The maximum absolute atomic E-state index is 11.4. The molecule has 0 spiro atoms. The van der Waals surface area contributed by atoms with Crippen LogP contribution < -0.4 is 0 Å². The van der Waals surface area contributed by atoms with E-state index in [-0.39, 0.29) is 6.04 Å². The van der Waals surface area contributed by atoms with Crippen LogP contribution >= 0.6 is 0 Å². The molecule has 19 heavy (non-hydrogen) atoms. The number of hydrogen-bond acceptors (Lipinski definition) is 4. The van der Waals surface area contributed by atoms with Crippen LogP contribution in [0.25, 0.3) is 11.1 Å². The van der Waals surface area contributed by atoms with Gasteiger partial charge >= 0.3 is 5.97 Å². The van der Waals surface area contributed by atoms with E-state index < -0.39 is 11.9 Å². The molecule has 2 unspecified atom stereocenters. The minimum atomic E-state index is -0.779. The van der Waals surface area contributed by atoms with E-state index in [4.69, 9.17) is 4.42 Å². The zero-order chi connectivity index (χ0) is 14.0. The van der Waals surface area contributed by atoms with Crippen molar-refractivity contribution in [2.24, 2.45) is 5.92 Å². The molecule has 2 rings (SSSR count). The second-order valence-electron chi connectivity index (χ2n) is 4.84. The van der Waals surface area contributed by atoms with Gasteiger partial charge in [0.15, 0.2) is 12.0 Å². The lowest BCUT2D eigenvalue weighted by atomic mass is 9.90. The molecular weight excluding hydrogens is 244 g/mol. The number of benzene rings is 1. The van der Waals surface area contributed by atoms with E-state index in [1.165, 1.54) is 6.39 Å². The summed E-state index contributed by atoms with van der Waals surface area (Å²) in [6.45, 7) is 1.89. The molecule has 5 heteroatoms. The van der Waals surface area contributed by atoms with Crippen LogP contribution in [0.3, 0.4) is 0 Å². The summed E-state index contributed by atoms with van der Waals surface area (Å²) >= 11 is 0. The third-order valence-corrected chi connectivity index (χ3v) is 3.39. The molecule has 102 valence electrons. The number of carbonyl (C=O) groups is 1. The molecule has 0 aliphatic heterocycles. The summed E-state index contributed by atoms with van der Waals surface area (Å²) in [5.41, 5.74) is 2.40. The van der Waals surface area contributed by atoms with Crippen molar-refractivity contribution >= 4 is 17.1 Å². The van der Waals surface area contributed by atoms with E-state index in [2.05, 4.69) is 4.98 Å². The Bertz CT molecular complexity index is 577. The third kappa shape index (κ3) is 2.61. The number of carboxylic acid groups (broad SMARTS) is 1. The highest BCUT2D eigenvalue weighted by Gasteiger charge is 2.29. The first-order valence-corrected chi connectivity index (χ1v) is 6.27. The van der Waals surface area contributed by atoms with Gasteiger partial charge in [0.2, 0.25) is 0 Å². The predicted octanol–water partition coefficient (Wildman–Crippen LogP) is 2.54. The molecule has 0 saturated heterocycles. The Morgan fingerprint density at radius 3 is 2.79 bits per heavy atom. The summed E-state index contributed by atoms with van der Waals surface area (Å²) in [4.78, 5) is 17.4. The fourth-order valence-corrected chi connectivity index (χ4v) is 2.48. The van der Waals surface area contributed by atoms with Crippen LogP contribution in [0, 0.1) is 5.92 Å². The molecule has 1 aromatic heterocycles. The Morgan fingerprint density at radius 1 is 1.47 bits per heavy atom. The molecule has 2 aromatic rings. The highest BCUT2D eigenvalue weighted by Crippen LogP contribution is 2.31. The third-order valence-electron chi connectivity index (χ3n) is 3.39. The second kappa shape index (κ2) is 5.40. The van der Waals surface area contributed by atoms with Crippen molar-refractivity contribution in [2.75, 3.05) is 14.1 Å². The second-order valence-corrected chi connectivity index (χ2v) is 4.84. The number of rotatable bonds is 5. The van der Waals surface area contributed by atoms with Crippen molar-refractivity contribution < 1.29 is 14.3 Å². The van der Waals surface area contributed by atoms with Crippen LogP contribution in [0.4, 0.5) is 0 Å². The summed E-state index contributed by atoms with van der Waals surface area (Å²) in [5, 5.41) is 9.36. The predicted molar refractivity (Wildman–Crippen MR) is 71.9 cm³/mol. The molecule has 1 aromatic carbocycles. The van der Waals surface area contributed by atoms with Crippen molar-refractivity contribution in [3.05, 3.63) is 30.2 Å². The van der Waals surface area contributed by atoms with E-state index in [0.717, 1.165) is 11.1 Å². The number of carboxylic acids is 1. The van der Waals surface area contributed by atoms with Crippen molar-refractivity contribution in [2.45, 2.75) is 19.4 Å². The van der Waals surface area contributed by atoms with Gasteiger partial charge in [0.05, 0.1) is 5.92 Å². The molecule has 0 aliphatic carbocycles. The van der Waals surface area contributed by atoms with Gasteiger partial charge in [-0.25, -0.2) is 4.98 Å². The van der Waals surface area contributed by atoms with Crippen molar-refractivity contribution in [1.29, 1.82) is 0 Å². The molecule has 0 saturated carbocycles. The topological polar surface area (TPSA) is 66.6 Å². The van der Waals surface area contributed by atoms with E-state index >= 15 is 0 Å². The van der Waals surface area contributed by atoms with Gasteiger partial charge in [-0.2, -0.15) is 0 Å². The summed E-state index contributed by atoms with van der Waals surface area (Å²) in [6.07, 6.45) is 1.97. The Morgan fingerprint density at radius 2 is 2.21 bits per heavy atom. The van der Waals surface area contributed by atoms with Crippen LogP contribution in [-0.4, -0.2) is 35.1 Å². The lowest BCUT2D eigenvalue weighted by Crippen LogP contribution is -2.32. The minimum absolute atomic E-state index is 0.183. The molecule has 1 heterocycles. The van der Waals surface area contributed by atoms with Crippen LogP contribution in [0.1, 0.15) is 24.9 Å². The molecular formula is C14H18N2O3. The zero-order valence-corrected chi connectivity index (χ0v) is 11.3. The molecule has 0 bridgehead atoms. The van der Waals surface area contributed by atoms with Gasteiger partial charge in [-0.3, -0.25) is 4.79 Å². The molecule has 0 radical (unpaired) electrons. The van der Waals surface area contributed by atoms with Crippen LogP contribution in [0.15, 0.2) is 29.0 Å². The zero-order valence-electron chi connectivity index (χ0n) is 11.3. The van der Waals surface area contributed by atoms with Crippen molar-refractivity contribution in [3.8, 4) is 0 Å². The summed E-state index contributed by atoms with van der Waals surface area (Å²) in [5.74, 6) is -1.23. The highest BCUT2D eigenvalue weighted by atomic mass is 16.4. The molecule has 2 atom stereocenters. The Kier molecular flexibility index (Phi) is 3.85. The highest BCUT2D eigenvalue weighted by molar-refractivity contribution is 5.74. The van der Waals surface area contributed by atoms with Gasteiger partial charge in [0.25, 0.3) is 0 Å². The van der Waals surface area contributed by atoms with Gasteiger partial charge in [0.1, 0.15) is 5.52 Å². The summed E-state index contributed by atoms with van der Waals surface area (Å²) in [6, 6.07) is 5.47. The smallest absolute Gasteiger partial charge is 0.308 e. The lowest BCUT2D eigenvalue weighted by molar-refractivity contribution is -0.144. The number of aliphatic carboxylic acids is 1. The maximum Gasteiger partial charge on any atom is 0.308 e. The van der Waals surface area contributed by atoms with Gasteiger partial charge in [-0.1, -0.05) is 13.0 Å². The average molecular weight is 262 g/mol. The van der Waals surface area contributed by atoms with Gasteiger partial charge in [-0.05, 0) is 38.2 Å². The first kappa shape index (κ1) is 13.5. The van der Waals surface area contributed by atoms with Gasteiger partial charge in [-0.15, -0.1) is 0 Å². The SMILES string of the molecule is CCC(C(=O)O)C(c1ccc2ncoc2c1)N(C)C. The Labute approximate surface area is 111 Å². The fourth-order valence-electron chi connectivity index (χ4n) is 2.48. The number of nitrogens with zero attached hydrogens (tertiary/aromatic N) is 2. The number of aromatic nitrogens is 1. The van der Waals surface area contributed by atoms with Gasteiger partial charge in [0, 0.05) is 6.04 Å². The first-order valence-electron chi connectivity index (χ1n) is 6.27. The summed E-state index contributed by atoms with van der Waals surface area (Å²) in [7, 11) is 3.78. The fraction of sp³-hybridized carbons (Fsp3) is 0.429. The molecule has 5 nitrogen and oxygen atoms in total. The molecule has 0 fully saturated rings. The normalized spacial score (nSPS) is 14.7. The number of oxazole rings is 1. The van der Waals surface area contributed by atoms with Crippen LogP contribution in [0.2, 0.25) is 0 Å². The molecule has 0 aliphatic rings. The largest absolute Gasteiger partial charge is 0.481 e. The Hall–Kier alpha value is -1.88. The number of hydrogen-bond donors (Lipinski definition) is 1. The molecule has 0 amide bonds. The quantitative estimate of drug-likeness (QED) is 0.897. The van der Waals surface area contributed by atoms with Crippen LogP contribution in [-0.2, 0) is 4.79 Å². The Balaban J connectivity index is 2.45. The minimum Gasteiger partial charge on any atom is -0.481 e. The average Bonchev–Trinajstić information content (AvgIpc) is 2.81. The van der Waals surface area contributed by atoms with Gasteiger partial charge < -0.3 is 14.4 Å². The first-order chi connectivity index (χ1) is 9.04. The number of fused-ring (bicyclic) bond motifs is 1. The monoisotopic (exact) mass is 262 g/mol. The standard InChI is InChI=1S/C14H18N2O3/c1-4-10(14(17)18)13(16(2)3)9-5-6-11-12(7-9)19-8-15-11/h5-8,10,13H,4H2,1-3H3,(H,17,18). The lowest BCUT2D eigenvalue weighted by Gasteiger charge is -2.29. The van der Waals surface area contributed by atoms with E-state index in [9.17, 15) is 9.90 Å². The van der Waals surface area contributed by atoms with Crippen LogP contribution in [0.5, 0.6) is 0 Å². The van der Waals surface area contributed by atoms with E-state index in [1.807, 2.05) is 44.1 Å².